The molecule has 6 nitrogen and oxygen atoms in total. The molecule has 3 aromatic rings. The molecule has 0 spiro atoms. The molecule has 162 valence electrons. The van der Waals surface area contributed by atoms with Crippen molar-refractivity contribution in [2.24, 2.45) is 5.92 Å². The molecule has 4 rings (SSSR count). The van der Waals surface area contributed by atoms with Gasteiger partial charge in [0.25, 0.3) is 0 Å². The van der Waals surface area contributed by atoms with Crippen molar-refractivity contribution in [2.45, 2.75) is 31.3 Å². The van der Waals surface area contributed by atoms with E-state index < -0.39 is 0 Å². The zero-order valence-electron chi connectivity index (χ0n) is 18.0. The van der Waals surface area contributed by atoms with Gasteiger partial charge in [0.15, 0.2) is 11.0 Å². The fourth-order valence-corrected chi connectivity index (χ4v) is 4.39. The Morgan fingerprint density at radius 3 is 2.68 bits per heavy atom. The lowest BCUT2D eigenvalue weighted by Gasteiger charge is -2.21. The third-order valence-electron chi connectivity index (χ3n) is 5.32. The van der Waals surface area contributed by atoms with E-state index in [9.17, 15) is 4.79 Å². The minimum Gasteiger partial charge on any atom is -0.497 e. The Kier molecular flexibility index (Phi) is 6.92. The highest BCUT2D eigenvalue weighted by Crippen LogP contribution is 2.31. The van der Waals surface area contributed by atoms with Gasteiger partial charge in [0.1, 0.15) is 5.75 Å². The van der Waals surface area contributed by atoms with E-state index >= 15 is 0 Å². The maximum absolute atomic E-state index is 12.9. The molecule has 31 heavy (non-hydrogen) atoms. The molecule has 0 saturated heterocycles. The Balaban J connectivity index is 1.60. The van der Waals surface area contributed by atoms with Crippen LogP contribution >= 0.6 is 11.8 Å². The summed E-state index contributed by atoms with van der Waals surface area (Å²) in [5, 5.41) is 9.62. The molecule has 0 bridgehead atoms. The van der Waals surface area contributed by atoms with Crippen LogP contribution in [0, 0.1) is 5.92 Å². The zero-order valence-corrected chi connectivity index (χ0v) is 18.8. The van der Waals surface area contributed by atoms with E-state index in [2.05, 4.69) is 17.1 Å². The second-order valence-electron chi connectivity index (χ2n) is 7.78. The van der Waals surface area contributed by atoms with E-state index in [0.29, 0.717) is 16.8 Å². The van der Waals surface area contributed by atoms with Gasteiger partial charge in [-0.3, -0.25) is 9.36 Å². The van der Waals surface area contributed by atoms with Gasteiger partial charge in [0.05, 0.1) is 12.9 Å². The molecule has 1 amide bonds. The zero-order chi connectivity index (χ0) is 21.6. The van der Waals surface area contributed by atoms with Gasteiger partial charge in [-0.25, -0.2) is 0 Å². The average molecular weight is 437 g/mol. The van der Waals surface area contributed by atoms with Crippen LogP contribution in [-0.2, 0) is 4.79 Å². The van der Waals surface area contributed by atoms with Gasteiger partial charge in [-0.1, -0.05) is 49.0 Å². The number of para-hydroxylation sites is 1. The van der Waals surface area contributed by atoms with Crippen LogP contribution in [0.4, 0.5) is 0 Å². The number of ether oxygens (including phenoxy) is 1. The molecular formula is C24H28N4O2S. The van der Waals surface area contributed by atoms with Crippen LogP contribution in [0.15, 0.2) is 59.8 Å². The number of nitrogens with zero attached hydrogens (tertiary/aromatic N) is 4. The highest BCUT2D eigenvalue weighted by Gasteiger charge is 2.27. The molecule has 1 saturated carbocycles. The van der Waals surface area contributed by atoms with E-state index in [1.165, 1.54) is 24.6 Å². The van der Waals surface area contributed by atoms with Gasteiger partial charge in [0, 0.05) is 24.3 Å². The van der Waals surface area contributed by atoms with Crippen LogP contribution in [0.1, 0.15) is 26.2 Å². The van der Waals surface area contributed by atoms with Crippen molar-refractivity contribution in [2.75, 3.05) is 26.0 Å². The number of methoxy groups -OCH3 is 1. The maximum Gasteiger partial charge on any atom is 0.233 e. The van der Waals surface area contributed by atoms with E-state index in [4.69, 9.17) is 4.74 Å². The lowest BCUT2D eigenvalue weighted by molar-refractivity contribution is -0.128. The van der Waals surface area contributed by atoms with Gasteiger partial charge >= 0.3 is 0 Å². The third kappa shape index (κ3) is 5.28. The molecule has 7 heteroatoms. The molecule has 1 aliphatic carbocycles. The number of aromatic nitrogens is 3. The van der Waals surface area contributed by atoms with E-state index in [1.54, 1.807) is 7.11 Å². The molecule has 1 aliphatic rings. The number of benzene rings is 2. The molecule has 0 radical (unpaired) electrons. The minimum atomic E-state index is 0.171. The lowest BCUT2D eigenvalue weighted by atomic mass is 10.2. The van der Waals surface area contributed by atoms with Crippen molar-refractivity contribution < 1.29 is 9.53 Å². The van der Waals surface area contributed by atoms with Crippen LogP contribution in [0.2, 0.25) is 0 Å². The number of carbonyl (C=O) groups is 1. The highest BCUT2D eigenvalue weighted by molar-refractivity contribution is 7.99. The average Bonchev–Trinajstić information content (AvgIpc) is 3.53. The fraction of sp³-hybridized carbons (Fsp3) is 0.375. The van der Waals surface area contributed by atoms with Crippen molar-refractivity contribution in [3.05, 3.63) is 54.6 Å². The lowest BCUT2D eigenvalue weighted by Crippen LogP contribution is -2.35. The second kappa shape index (κ2) is 10.0. The van der Waals surface area contributed by atoms with Crippen molar-refractivity contribution in [3.8, 4) is 22.8 Å². The summed E-state index contributed by atoms with van der Waals surface area (Å²) in [5.74, 6) is 2.70. The predicted octanol–water partition coefficient (Wildman–Crippen LogP) is 4.68. The Hall–Kier alpha value is -2.80. The topological polar surface area (TPSA) is 60.3 Å². The van der Waals surface area contributed by atoms with E-state index in [0.717, 1.165) is 42.3 Å². The summed E-state index contributed by atoms with van der Waals surface area (Å²) in [6.45, 7) is 3.82. The Labute approximate surface area is 187 Å². The third-order valence-corrected chi connectivity index (χ3v) is 6.24. The largest absolute Gasteiger partial charge is 0.497 e. The van der Waals surface area contributed by atoms with Crippen LogP contribution in [0.3, 0.4) is 0 Å². The minimum absolute atomic E-state index is 0.171. The molecule has 1 fully saturated rings. The first-order valence-corrected chi connectivity index (χ1v) is 11.7. The first-order valence-electron chi connectivity index (χ1n) is 10.8. The molecule has 1 aromatic heterocycles. The first-order chi connectivity index (χ1) is 15.2. The number of amides is 1. The smallest absolute Gasteiger partial charge is 0.233 e. The van der Waals surface area contributed by atoms with Crippen molar-refractivity contribution in [1.82, 2.24) is 19.7 Å². The molecule has 0 unspecified atom stereocenters. The number of hydrogen-bond donors (Lipinski definition) is 0. The highest BCUT2D eigenvalue weighted by atomic mass is 32.2. The fourth-order valence-electron chi connectivity index (χ4n) is 3.54. The molecule has 0 N–H and O–H groups in total. The van der Waals surface area contributed by atoms with Crippen molar-refractivity contribution >= 4 is 17.7 Å². The SMILES string of the molecule is CCCN(CC1CC1)C(=O)CSc1nnc(-c2cccc(OC)c2)n1-c1ccccc1. The normalized spacial score (nSPS) is 13.2. The van der Waals surface area contributed by atoms with Crippen LogP contribution in [0.5, 0.6) is 5.75 Å². The summed E-state index contributed by atoms with van der Waals surface area (Å²) in [6.07, 6.45) is 3.46. The number of rotatable bonds is 10. The van der Waals surface area contributed by atoms with Crippen LogP contribution in [0.25, 0.3) is 17.1 Å². The predicted molar refractivity (Wildman–Crippen MR) is 124 cm³/mol. The van der Waals surface area contributed by atoms with Gasteiger partial charge in [0.2, 0.25) is 5.91 Å². The van der Waals surface area contributed by atoms with Gasteiger partial charge in [-0.15, -0.1) is 10.2 Å². The van der Waals surface area contributed by atoms with Crippen molar-refractivity contribution in [1.29, 1.82) is 0 Å². The van der Waals surface area contributed by atoms with Crippen molar-refractivity contribution in [3.63, 3.8) is 0 Å². The molecule has 0 atom stereocenters. The first kappa shape index (κ1) is 21.4. The second-order valence-corrected chi connectivity index (χ2v) is 8.72. The quantitative estimate of drug-likeness (QED) is 0.432. The summed E-state index contributed by atoms with van der Waals surface area (Å²) in [7, 11) is 1.65. The summed E-state index contributed by atoms with van der Waals surface area (Å²) in [6, 6.07) is 17.8. The standard InChI is InChI=1S/C24H28N4O2S/c1-3-14-27(16-18-12-13-18)22(29)17-31-24-26-25-23(19-8-7-11-21(15-19)30-2)28(24)20-9-5-4-6-10-20/h4-11,15,18H,3,12-14,16-17H2,1-2H3. The van der Waals surface area contributed by atoms with Gasteiger partial charge in [-0.05, 0) is 49.4 Å². The molecular weight excluding hydrogens is 408 g/mol. The molecule has 2 aromatic carbocycles. The Bertz CT molecular complexity index is 1020. The monoisotopic (exact) mass is 436 g/mol. The summed E-state index contributed by atoms with van der Waals surface area (Å²) in [4.78, 5) is 14.9. The summed E-state index contributed by atoms with van der Waals surface area (Å²) < 4.78 is 7.39. The van der Waals surface area contributed by atoms with E-state index in [1.807, 2.05) is 64.1 Å². The maximum atomic E-state index is 12.9. The van der Waals surface area contributed by atoms with Gasteiger partial charge < -0.3 is 9.64 Å². The van der Waals surface area contributed by atoms with Crippen LogP contribution in [-0.4, -0.2) is 51.5 Å². The van der Waals surface area contributed by atoms with Gasteiger partial charge in [-0.2, -0.15) is 0 Å². The van der Waals surface area contributed by atoms with Crippen LogP contribution < -0.4 is 4.74 Å². The van der Waals surface area contributed by atoms with E-state index in [-0.39, 0.29) is 5.91 Å². The molecule has 0 aliphatic heterocycles. The number of thioether (sulfide) groups is 1. The summed E-state index contributed by atoms with van der Waals surface area (Å²) in [5.41, 5.74) is 1.87. The summed E-state index contributed by atoms with van der Waals surface area (Å²) >= 11 is 1.44. The molecule has 1 heterocycles. The Morgan fingerprint density at radius 2 is 1.97 bits per heavy atom. The number of carbonyl (C=O) groups excluding carboxylic acids is 1. The number of hydrogen-bond acceptors (Lipinski definition) is 5. The Morgan fingerprint density at radius 1 is 1.16 bits per heavy atom.